The molecule has 0 amide bonds. The van der Waals surface area contributed by atoms with Crippen molar-refractivity contribution >= 4 is 17.6 Å². The van der Waals surface area contributed by atoms with E-state index in [4.69, 9.17) is 25.8 Å². The van der Waals surface area contributed by atoms with Gasteiger partial charge in [0.2, 0.25) is 5.88 Å². The molecule has 146 valence electrons. The molecule has 5 nitrogen and oxygen atoms in total. The molecule has 2 rings (SSSR count). The number of halogens is 3. The second kappa shape index (κ2) is 8.08. The van der Waals surface area contributed by atoms with Crippen molar-refractivity contribution in [3.05, 3.63) is 46.6 Å². The fraction of sp³-hybridized carbons (Fsp3) is 0.368. The van der Waals surface area contributed by atoms with Crippen LogP contribution in [0.15, 0.2) is 24.4 Å². The highest BCUT2D eigenvalue weighted by Gasteiger charge is 2.23. The number of aromatic nitrogens is 1. The SMILES string of the molecule is CC(C)Oc1ncc(Oc2cc(F)c(C(=O)OC(C)(C)C)cc2F)cc1Cl. The maximum Gasteiger partial charge on any atom is 0.341 e. The third-order valence-corrected chi connectivity index (χ3v) is 3.27. The van der Waals surface area contributed by atoms with Gasteiger partial charge in [-0.15, -0.1) is 0 Å². The van der Waals surface area contributed by atoms with E-state index in [9.17, 15) is 13.6 Å². The molecule has 1 aromatic carbocycles. The van der Waals surface area contributed by atoms with E-state index in [1.165, 1.54) is 12.3 Å². The van der Waals surface area contributed by atoms with Crippen molar-refractivity contribution in [3.8, 4) is 17.4 Å². The molecule has 0 N–H and O–H groups in total. The van der Waals surface area contributed by atoms with Gasteiger partial charge in [-0.05, 0) is 40.7 Å². The molecule has 0 aliphatic rings. The van der Waals surface area contributed by atoms with Crippen molar-refractivity contribution in [2.45, 2.75) is 46.3 Å². The highest BCUT2D eigenvalue weighted by molar-refractivity contribution is 6.31. The van der Waals surface area contributed by atoms with Crippen molar-refractivity contribution in [1.29, 1.82) is 0 Å². The highest BCUT2D eigenvalue weighted by Crippen LogP contribution is 2.32. The molecule has 0 radical (unpaired) electrons. The highest BCUT2D eigenvalue weighted by atomic mass is 35.5. The Balaban J connectivity index is 2.24. The van der Waals surface area contributed by atoms with Crippen molar-refractivity contribution < 1.29 is 27.8 Å². The van der Waals surface area contributed by atoms with Gasteiger partial charge in [0.05, 0.1) is 17.9 Å². The fourth-order valence-corrected chi connectivity index (χ4v) is 2.20. The van der Waals surface area contributed by atoms with Crippen LogP contribution in [0.2, 0.25) is 5.02 Å². The monoisotopic (exact) mass is 399 g/mol. The standard InChI is InChI=1S/C19H20ClF2NO4/c1-10(2)25-17-13(20)6-11(9-23-17)26-16-8-14(21)12(7-15(16)22)18(24)27-19(3,4)5/h6-10H,1-5H3. The van der Waals surface area contributed by atoms with Gasteiger partial charge in [0.25, 0.3) is 0 Å². The van der Waals surface area contributed by atoms with E-state index in [1.807, 2.05) is 13.8 Å². The number of esters is 1. The number of hydrogen-bond donors (Lipinski definition) is 0. The van der Waals surface area contributed by atoms with Crippen molar-refractivity contribution in [1.82, 2.24) is 4.98 Å². The van der Waals surface area contributed by atoms with Gasteiger partial charge < -0.3 is 14.2 Å². The van der Waals surface area contributed by atoms with E-state index in [0.717, 1.165) is 12.1 Å². The zero-order valence-electron chi connectivity index (χ0n) is 15.6. The van der Waals surface area contributed by atoms with E-state index < -0.39 is 34.5 Å². The first-order valence-electron chi connectivity index (χ1n) is 8.18. The third-order valence-electron chi connectivity index (χ3n) is 3.00. The normalized spacial score (nSPS) is 11.4. The molecular formula is C19H20ClF2NO4. The fourth-order valence-electron chi connectivity index (χ4n) is 2.00. The summed E-state index contributed by atoms with van der Waals surface area (Å²) in [6.45, 7) is 8.50. The minimum absolute atomic E-state index is 0.0828. The number of carbonyl (C=O) groups excluding carboxylic acids is 1. The first-order chi connectivity index (χ1) is 12.5. The maximum absolute atomic E-state index is 14.3. The molecular weight excluding hydrogens is 380 g/mol. The molecule has 1 heterocycles. The summed E-state index contributed by atoms with van der Waals surface area (Å²) >= 11 is 6.04. The van der Waals surface area contributed by atoms with Crippen LogP contribution in [0.3, 0.4) is 0 Å². The van der Waals surface area contributed by atoms with Gasteiger partial charge >= 0.3 is 5.97 Å². The summed E-state index contributed by atoms with van der Waals surface area (Å²) in [6, 6.07) is 2.86. The van der Waals surface area contributed by atoms with E-state index in [-0.39, 0.29) is 22.8 Å². The number of rotatable bonds is 5. The molecule has 0 aliphatic heterocycles. The van der Waals surface area contributed by atoms with Gasteiger partial charge in [-0.2, -0.15) is 0 Å². The number of benzene rings is 1. The molecule has 0 fully saturated rings. The van der Waals surface area contributed by atoms with Crippen molar-refractivity contribution in [2.24, 2.45) is 0 Å². The summed E-state index contributed by atoms with van der Waals surface area (Å²) in [6.07, 6.45) is 1.14. The lowest BCUT2D eigenvalue weighted by Crippen LogP contribution is -2.24. The van der Waals surface area contributed by atoms with Gasteiger partial charge in [0, 0.05) is 12.1 Å². The predicted octanol–water partition coefficient (Wildman–Crippen LogP) is 5.55. The van der Waals surface area contributed by atoms with E-state index in [0.29, 0.717) is 0 Å². The minimum Gasteiger partial charge on any atom is -0.474 e. The molecule has 0 bridgehead atoms. The third kappa shape index (κ3) is 5.79. The Hall–Kier alpha value is -2.41. The molecule has 0 saturated carbocycles. The van der Waals surface area contributed by atoms with Gasteiger partial charge in [-0.1, -0.05) is 11.6 Å². The van der Waals surface area contributed by atoms with Gasteiger partial charge in [-0.25, -0.2) is 18.6 Å². The van der Waals surface area contributed by atoms with Crippen LogP contribution in [0.5, 0.6) is 17.4 Å². The zero-order chi connectivity index (χ0) is 20.4. The number of pyridine rings is 1. The van der Waals surface area contributed by atoms with Crippen LogP contribution >= 0.6 is 11.6 Å². The average molecular weight is 400 g/mol. The summed E-state index contributed by atoms with van der Waals surface area (Å²) in [5, 5.41) is 0.160. The molecule has 0 unspecified atom stereocenters. The largest absolute Gasteiger partial charge is 0.474 e. The second-order valence-electron chi connectivity index (χ2n) is 6.99. The van der Waals surface area contributed by atoms with Crippen molar-refractivity contribution in [3.63, 3.8) is 0 Å². The van der Waals surface area contributed by atoms with Crippen LogP contribution < -0.4 is 9.47 Å². The molecule has 0 saturated heterocycles. The maximum atomic E-state index is 14.3. The lowest BCUT2D eigenvalue weighted by molar-refractivity contribution is 0.00641. The first kappa shape index (κ1) is 20.9. The molecule has 0 spiro atoms. The summed E-state index contributed by atoms with van der Waals surface area (Å²) in [5.41, 5.74) is -1.36. The summed E-state index contributed by atoms with van der Waals surface area (Å²) in [4.78, 5) is 15.9. The minimum atomic E-state index is -0.973. The number of hydrogen-bond acceptors (Lipinski definition) is 5. The smallest absolute Gasteiger partial charge is 0.341 e. The van der Waals surface area contributed by atoms with Crippen LogP contribution in [0.1, 0.15) is 45.0 Å². The lowest BCUT2D eigenvalue weighted by atomic mass is 10.1. The van der Waals surface area contributed by atoms with Gasteiger partial charge in [0.15, 0.2) is 11.6 Å². The summed E-state index contributed by atoms with van der Waals surface area (Å²) < 4.78 is 44.3. The Labute approximate surface area is 161 Å². The van der Waals surface area contributed by atoms with Crippen LogP contribution in [-0.4, -0.2) is 22.7 Å². The second-order valence-corrected chi connectivity index (χ2v) is 7.40. The van der Waals surface area contributed by atoms with Crippen LogP contribution in [0.25, 0.3) is 0 Å². The van der Waals surface area contributed by atoms with Gasteiger partial charge in [-0.3, -0.25) is 0 Å². The number of ether oxygens (including phenoxy) is 3. The molecule has 1 aromatic heterocycles. The van der Waals surface area contributed by atoms with Crippen LogP contribution in [0.4, 0.5) is 8.78 Å². The van der Waals surface area contributed by atoms with Crippen LogP contribution in [0, 0.1) is 11.6 Å². The molecule has 8 heteroatoms. The van der Waals surface area contributed by atoms with E-state index in [2.05, 4.69) is 4.98 Å². The molecule has 0 atom stereocenters. The summed E-state index contributed by atoms with van der Waals surface area (Å²) in [7, 11) is 0. The molecule has 27 heavy (non-hydrogen) atoms. The lowest BCUT2D eigenvalue weighted by Gasteiger charge is -2.19. The quantitative estimate of drug-likeness (QED) is 0.617. The average Bonchev–Trinajstić information content (AvgIpc) is 2.51. The Morgan fingerprint density at radius 3 is 2.37 bits per heavy atom. The molecule has 2 aromatic rings. The first-order valence-corrected chi connectivity index (χ1v) is 8.56. The topological polar surface area (TPSA) is 57.7 Å². The Kier molecular flexibility index (Phi) is 6.26. The van der Waals surface area contributed by atoms with Gasteiger partial charge in [0.1, 0.15) is 22.2 Å². The zero-order valence-corrected chi connectivity index (χ0v) is 16.4. The van der Waals surface area contributed by atoms with Crippen molar-refractivity contribution in [2.75, 3.05) is 0 Å². The number of nitrogens with zero attached hydrogens (tertiary/aromatic N) is 1. The van der Waals surface area contributed by atoms with E-state index in [1.54, 1.807) is 20.8 Å². The predicted molar refractivity (Wildman–Crippen MR) is 96.6 cm³/mol. The Bertz CT molecular complexity index is 850. The van der Waals surface area contributed by atoms with E-state index >= 15 is 0 Å². The van der Waals surface area contributed by atoms with Crippen LogP contribution in [-0.2, 0) is 4.74 Å². The Morgan fingerprint density at radius 1 is 1.15 bits per heavy atom. The summed E-state index contributed by atoms with van der Waals surface area (Å²) in [5.74, 6) is -3.01. The Morgan fingerprint density at radius 2 is 1.81 bits per heavy atom. The number of carbonyl (C=O) groups is 1. The molecule has 0 aliphatic carbocycles.